The first-order chi connectivity index (χ1) is 8.14. The van der Waals surface area contributed by atoms with Gasteiger partial charge in [0, 0.05) is 5.92 Å². The summed E-state index contributed by atoms with van der Waals surface area (Å²) in [4.78, 5) is 0. The van der Waals surface area contributed by atoms with Gasteiger partial charge in [0.05, 0.1) is 25.1 Å². The smallest absolute Gasteiger partial charge is 0.270 e. The molecule has 1 atom stereocenters. The number of rotatable bonds is 5. The molecule has 18 heavy (non-hydrogen) atoms. The van der Waals surface area contributed by atoms with E-state index in [1.165, 1.54) is 0 Å². The summed E-state index contributed by atoms with van der Waals surface area (Å²) in [6, 6.07) is 0. The van der Waals surface area contributed by atoms with Crippen LogP contribution < -0.4 is 0 Å². The maximum absolute atomic E-state index is 11.8. The Morgan fingerprint density at radius 3 is 2.17 bits per heavy atom. The van der Waals surface area contributed by atoms with Crippen molar-refractivity contribution in [1.82, 2.24) is 0 Å². The van der Waals surface area contributed by atoms with Gasteiger partial charge in [0.1, 0.15) is 0 Å². The fourth-order valence-electron chi connectivity index (χ4n) is 1.45. The van der Waals surface area contributed by atoms with E-state index in [2.05, 4.69) is 0 Å². The highest BCUT2D eigenvalue weighted by atomic mass is 32.2. The highest BCUT2D eigenvalue weighted by Gasteiger charge is 2.31. The van der Waals surface area contributed by atoms with Gasteiger partial charge in [-0.05, 0) is 26.7 Å². The number of hydrogen-bond donors (Lipinski definition) is 0. The van der Waals surface area contributed by atoms with Gasteiger partial charge in [-0.3, -0.25) is 4.18 Å². The molecule has 6 heteroatoms. The Kier molecular flexibility index (Phi) is 5.17. The van der Waals surface area contributed by atoms with E-state index in [1.807, 2.05) is 27.7 Å². The van der Waals surface area contributed by atoms with Crippen LogP contribution in [0.1, 0.15) is 34.6 Å². The van der Waals surface area contributed by atoms with E-state index >= 15 is 0 Å². The minimum Gasteiger partial charge on any atom is -0.350 e. The van der Waals surface area contributed by atoms with E-state index in [9.17, 15) is 8.42 Å². The lowest BCUT2D eigenvalue weighted by atomic mass is 10.1. The maximum atomic E-state index is 11.8. The molecular weight excluding hydrogens is 256 g/mol. The molecule has 0 saturated carbocycles. The van der Waals surface area contributed by atoms with Crippen LogP contribution >= 0.6 is 0 Å². The molecule has 0 bridgehead atoms. The van der Waals surface area contributed by atoms with E-state index in [0.717, 1.165) is 0 Å². The zero-order chi connectivity index (χ0) is 14.0. The van der Waals surface area contributed by atoms with Crippen molar-refractivity contribution in [3.8, 4) is 0 Å². The molecule has 108 valence electrons. The zero-order valence-corrected chi connectivity index (χ0v) is 12.6. The molecule has 0 aromatic heterocycles. The van der Waals surface area contributed by atoms with Gasteiger partial charge < -0.3 is 9.47 Å². The second-order valence-electron chi connectivity index (χ2n) is 5.61. The highest BCUT2D eigenvalue weighted by molar-refractivity contribution is 7.87. The van der Waals surface area contributed by atoms with Gasteiger partial charge in [-0.25, -0.2) is 0 Å². The topological polar surface area (TPSA) is 61.8 Å². The van der Waals surface area contributed by atoms with Crippen LogP contribution in [-0.4, -0.2) is 39.3 Å². The number of ether oxygens (including phenoxy) is 2. The molecule has 0 N–H and O–H groups in total. The Morgan fingerprint density at radius 1 is 1.22 bits per heavy atom. The third-order valence-corrected chi connectivity index (χ3v) is 5.12. The molecule has 1 saturated heterocycles. The van der Waals surface area contributed by atoms with E-state index < -0.39 is 21.2 Å². The third-order valence-electron chi connectivity index (χ3n) is 3.20. The Labute approximate surface area is 110 Å². The molecule has 1 aliphatic heterocycles. The van der Waals surface area contributed by atoms with Crippen molar-refractivity contribution in [2.45, 2.75) is 45.7 Å². The van der Waals surface area contributed by atoms with Gasteiger partial charge in [-0.2, -0.15) is 8.42 Å². The highest BCUT2D eigenvalue weighted by Crippen LogP contribution is 2.22. The molecule has 1 unspecified atom stereocenters. The Balaban J connectivity index is 2.42. The van der Waals surface area contributed by atoms with Gasteiger partial charge in [0.2, 0.25) is 0 Å². The van der Waals surface area contributed by atoms with E-state index in [1.54, 1.807) is 6.92 Å². The first-order valence-electron chi connectivity index (χ1n) is 6.30. The third kappa shape index (κ3) is 4.50. The summed E-state index contributed by atoms with van der Waals surface area (Å²) >= 11 is 0. The second kappa shape index (κ2) is 5.86. The van der Waals surface area contributed by atoms with Crippen molar-refractivity contribution in [3.05, 3.63) is 0 Å². The van der Waals surface area contributed by atoms with Crippen molar-refractivity contribution >= 4 is 10.1 Å². The van der Waals surface area contributed by atoms with Crippen molar-refractivity contribution < 1.29 is 22.1 Å². The lowest BCUT2D eigenvalue weighted by molar-refractivity contribution is -0.264. The van der Waals surface area contributed by atoms with Crippen LogP contribution in [0.3, 0.4) is 0 Å². The molecule has 0 aromatic carbocycles. The Bertz CT molecular complexity index is 351. The Morgan fingerprint density at radius 2 is 1.72 bits per heavy atom. The van der Waals surface area contributed by atoms with E-state index in [4.69, 9.17) is 13.7 Å². The summed E-state index contributed by atoms with van der Waals surface area (Å²) in [5, 5.41) is -0.501. The van der Waals surface area contributed by atoms with Crippen LogP contribution in [0, 0.1) is 11.8 Å². The first kappa shape index (κ1) is 15.9. The predicted molar refractivity (Wildman–Crippen MR) is 68.6 cm³/mol. The summed E-state index contributed by atoms with van der Waals surface area (Å²) in [6.45, 7) is 10.1. The maximum Gasteiger partial charge on any atom is 0.270 e. The summed E-state index contributed by atoms with van der Waals surface area (Å²) in [5.74, 6) is -0.583. The predicted octanol–water partition coefficient (Wildman–Crippen LogP) is 1.78. The van der Waals surface area contributed by atoms with Crippen molar-refractivity contribution in [3.63, 3.8) is 0 Å². The SMILES string of the molecule is CC(C)C(C)S(=O)(=O)OCC1COC(C)(C)OC1. The minimum absolute atomic E-state index is 0.0350. The molecule has 0 radical (unpaired) electrons. The molecule has 0 aromatic rings. The van der Waals surface area contributed by atoms with Crippen LogP contribution in [0.15, 0.2) is 0 Å². The van der Waals surface area contributed by atoms with Gasteiger partial charge in [-0.15, -0.1) is 0 Å². The lowest BCUT2D eigenvalue weighted by Gasteiger charge is -2.34. The lowest BCUT2D eigenvalue weighted by Crippen LogP contribution is -2.41. The molecule has 1 fully saturated rings. The summed E-state index contributed by atoms with van der Waals surface area (Å²) in [5.41, 5.74) is 0. The van der Waals surface area contributed by atoms with Crippen molar-refractivity contribution in [1.29, 1.82) is 0 Å². The van der Waals surface area contributed by atoms with Crippen molar-refractivity contribution in [2.75, 3.05) is 19.8 Å². The molecule has 0 amide bonds. The second-order valence-corrected chi connectivity index (χ2v) is 7.58. The average molecular weight is 280 g/mol. The van der Waals surface area contributed by atoms with Gasteiger partial charge >= 0.3 is 0 Å². The summed E-state index contributed by atoms with van der Waals surface area (Å²) < 4.78 is 39.7. The van der Waals surface area contributed by atoms with Crippen LogP contribution in [0.5, 0.6) is 0 Å². The van der Waals surface area contributed by atoms with Gasteiger partial charge in [0.25, 0.3) is 10.1 Å². The van der Waals surface area contributed by atoms with Crippen LogP contribution in [0.2, 0.25) is 0 Å². The molecule has 0 aliphatic carbocycles. The van der Waals surface area contributed by atoms with Crippen molar-refractivity contribution in [2.24, 2.45) is 11.8 Å². The fourth-order valence-corrected chi connectivity index (χ4v) is 2.72. The fraction of sp³-hybridized carbons (Fsp3) is 1.00. The quantitative estimate of drug-likeness (QED) is 0.718. The summed E-state index contributed by atoms with van der Waals surface area (Å²) in [7, 11) is -3.50. The van der Waals surface area contributed by atoms with Gasteiger partial charge in [0.15, 0.2) is 5.79 Å². The largest absolute Gasteiger partial charge is 0.350 e. The molecule has 1 aliphatic rings. The molecular formula is C12H24O5S. The van der Waals surface area contributed by atoms with Crippen LogP contribution in [0.4, 0.5) is 0 Å². The normalized spacial score (nSPS) is 23.2. The van der Waals surface area contributed by atoms with Crippen LogP contribution in [-0.2, 0) is 23.8 Å². The molecule has 5 nitrogen and oxygen atoms in total. The zero-order valence-electron chi connectivity index (χ0n) is 11.8. The number of hydrogen-bond acceptors (Lipinski definition) is 5. The van der Waals surface area contributed by atoms with Crippen LogP contribution in [0.25, 0.3) is 0 Å². The molecule has 1 heterocycles. The minimum atomic E-state index is -3.50. The van der Waals surface area contributed by atoms with Gasteiger partial charge in [-0.1, -0.05) is 13.8 Å². The van der Waals surface area contributed by atoms with E-state index in [0.29, 0.717) is 13.2 Å². The average Bonchev–Trinajstić information content (AvgIpc) is 2.26. The standard InChI is InChI=1S/C12H24O5S/c1-9(2)10(3)18(13,14)17-8-11-6-15-12(4,5)16-7-11/h9-11H,6-8H2,1-5H3. The summed E-state index contributed by atoms with van der Waals surface area (Å²) in [6.07, 6.45) is 0. The molecule has 1 rings (SSSR count). The monoisotopic (exact) mass is 280 g/mol. The first-order valence-corrected chi connectivity index (χ1v) is 7.77. The molecule has 0 spiro atoms. The van der Waals surface area contributed by atoms with E-state index in [-0.39, 0.29) is 18.4 Å². The Hall–Kier alpha value is -0.170.